The molecule has 10 heteroatoms. The van der Waals surface area contributed by atoms with Gasteiger partial charge in [-0.25, -0.2) is 9.59 Å². The zero-order valence-corrected chi connectivity index (χ0v) is 23.5. The Balaban J connectivity index is 1.05. The molecule has 10 nitrogen and oxygen atoms in total. The van der Waals surface area contributed by atoms with Gasteiger partial charge in [0.05, 0.1) is 24.6 Å². The van der Waals surface area contributed by atoms with Gasteiger partial charge in [0.1, 0.15) is 25.8 Å². The van der Waals surface area contributed by atoms with Crippen LogP contribution in [0.5, 0.6) is 0 Å². The van der Waals surface area contributed by atoms with Gasteiger partial charge in [0, 0.05) is 25.2 Å². The van der Waals surface area contributed by atoms with Gasteiger partial charge in [-0.3, -0.25) is 9.98 Å². The first-order chi connectivity index (χ1) is 20.6. The van der Waals surface area contributed by atoms with E-state index in [9.17, 15) is 9.59 Å². The molecule has 4 atom stereocenters. The van der Waals surface area contributed by atoms with Crippen LogP contribution in [0, 0.1) is 0 Å². The molecule has 4 heterocycles. The number of hydrogen-bond acceptors (Lipinski definition) is 10. The molecular weight excluding hydrogens is 540 g/mol. The van der Waals surface area contributed by atoms with E-state index in [1.807, 2.05) is 12.4 Å². The SMILES string of the molecule is CCOC(=O)[C@@H]1OCO[C@H]1C1=NC=C(c2ccc(-c3ccc(C4=CN=C([C@@H]5OCO[C@H]5C(=O)OCC)C4)cc3)cc2)C1. The Morgan fingerprint density at radius 1 is 0.643 bits per heavy atom. The second-order valence-corrected chi connectivity index (χ2v) is 10.1. The third-order valence-electron chi connectivity index (χ3n) is 7.60. The Labute approximate surface area is 243 Å². The van der Waals surface area contributed by atoms with E-state index in [1.165, 1.54) is 0 Å². The molecule has 0 radical (unpaired) electrons. The number of carbonyl (C=O) groups excluding carboxylic acids is 2. The zero-order chi connectivity index (χ0) is 29.1. The van der Waals surface area contributed by atoms with Crippen LogP contribution in [-0.4, -0.2) is 74.6 Å². The summed E-state index contributed by atoms with van der Waals surface area (Å²) in [7, 11) is 0. The maximum Gasteiger partial charge on any atom is 0.338 e. The van der Waals surface area contributed by atoms with E-state index in [0.29, 0.717) is 12.8 Å². The zero-order valence-electron chi connectivity index (χ0n) is 23.5. The first-order valence-electron chi connectivity index (χ1n) is 14.1. The molecule has 0 amide bonds. The van der Waals surface area contributed by atoms with E-state index < -0.39 is 36.4 Å². The van der Waals surface area contributed by atoms with Crippen molar-refractivity contribution in [2.75, 3.05) is 26.8 Å². The number of aliphatic imine (C=N–C) groups is 2. The van der Waals surface area contributed by atoms with Crippen LogP contribution in [-0.2, 0) is 38.0 Å². The lowest BCUT2D eigenvalue weighted by molar-refractivity contribution is -0.154. The summed E-state index contributed by atoms with van der Waals surface area (Å²) in [4.78, 5) is 33.5. The van der Waals surface area contributed by atoms with Gasteiger partial charge < -0.3 is 28.4 Å². The Bertz CT molecular complexity index is 1350. The van der Waals surface area contributed by atoms with Gasteiger partial charge in [0.2, 0.25) is 0 Å². The van der Waals surface area contributed by atoms with Gasteiger partial charge in [0.15, 0.2) is 12.2 Å². The second-order valence-electron chi connectivity index (χ2n) is 10.1. The van der Waals surface area contributed by atoms with Crippen LogP contribution in [0.4, 0.5) is 0 Å². The van der Waals surface area contributed by atoms with Crippen LogP contribution in [0.2, 0.25) is 0 Å². The molecule has 2 saturated heterocycles. The molecule has 0 aliphatic carbocycles. The molecule has 0 aromatic heterocycles. The molecule has 2 fully saturated rings. The lowest BCUT2D eigenvalue weighted by Crippen LogP contribution is -2.38. The van der Waals surface area contributed by atoms with Crippen molar-refractivity contribution >= 4 is 34.5 Å². The fraction of sp³-hybridized carbons (Fsp3) is 0.375. The van der Waals surface area contributed by atoms with Gasteiger partial charge in [-0.2, -0.15) is 0 Å². The first-order valence-corrected chi connectivity index (χ1v) is 14.1. The minimum atomic E-state index is -0.786. The van der Waals surface area contributed by atoms with Crippen molar-refractivity contribution in [1.29, 1.82) is 0 Å². The Morgan fingerprint density at radius 3 is 1.40 bits per heavy atom. The normalized spacial score (nSPS) is 25.1. The molecule has 2 aromatic carbocycles. The fourth-order valence-electron chi connectivity index (χ4n) is 5.44. The van der Waals surface area contributed by atoms with Crippen molar-refractivity contribution in [1.82, 2.24) is 0 Å². The average molecular weight is 573 g/mol. The highest BCUT2D eigenvalue weighted by atomic mass is 16.7. The van der Waals surface area contributed by atoms with Gasteiger partial charge in [-0.15, -0.1) is 0 Å². The maximum atomic E-state index is 12.2. The highest BCUT2D eigenvalue weighted by molar-refractivity contribution is 6.04. The standard InChI is InChI=1S/C32H32N2O8/c1-3-37-31(35)29-27(39-17-41-29)25-13-23(15-33-25)21-9-5-19(6-10-21)20-7-11-22(12-8-20)24-14-26(34-16-24)28-30(42-18-40-28)32(36)38-4-2/h5-12,15-16,27-30H,3-4,13-14,17-18H2,1-2H3/t27-,28-,29+,30+/m0/s1. The molecule has 0 unspecified atom stereocenters. The van der Waals surface area contributed by atoms with Crippen molar-refractivity contribution in [3.63, 3.8) is 0 Å². The van der Waals surface area contributed by atoms with Crippen LogP contribution < -0.4 is 0 Å². The molecule has 42 heavy (non-hydrogen) atoms. The third kappa shape index (κ3) is 5.71. The predicted octanol–water partition coefficient (Wildman–Crippen LogP) is 4.33. The van der Waals surface area contributed by atoms with Crippen molar-refractivity contribution < 1.29 is 38.0 Å². The monoisotopic (exact) mass is 572 g/mol. The molecule has 218 valence electrons. The molecule has 4 aliphatic heterocycles. The number of hydrogen-bond donors (Lipinski definition) is 0. The lowest BCUT2D eigenvalue weighted by atomic mass is 9.95. The topological polar surface area (TPSA) is 114 Å². The summed E-state index contributed by atoms with van der Waals surface area (Å²) in [5, 5.41) is 0. The minimum absolute atomic E-state index is 0.0430. The first kappa shape index (κ1) is 28.2. The lowest BCUT2D eigenvalue weighted by Gasteiger charge is -2.16. The second kappa shape index (κ2) is 12.5. The van der Waals surface area contributed by atoms with Gasteiger partial charge >= 0.3 is 11.9 Å². The summed E-state index contributed by atoms with van der Waals surface area (Å²) in [6, 6.07) is 16.6. The summed E-state index contributed by atoms with van der Waals surface area (Å²) in [6.07, 6.45) is 2.16. The number of nitrogens with zero attached hydrogens (tertiary/aromatic N) is 2. The van der Waals surface area contributed by atoms with E-state index in [0.717, 1.165) is 44.8 Å². The van der Waals surface area contributed by atoms with E-state index in [-0.39, 0.29) is 26.8 Å². The van der Waals surface area contributed by atoms with Crippen molar-refractivity contribution in [2.45, 2.75) is 51.1 Å². The molecular formula is C32H32N2O8. The Morgan fingerprint density at radius 2 is 1.02 bits per heavy atom. The number of esters is 2. The van der Waals surface area contributed by atoms with E-state index in [2.05, 4.69) is 58.5 Å². The minimum Gasteiger partial charge on any atom is -0.464 e. The third-order valence-corrected chi connectivity index (χ3v) is 7.60. The highest BCUT2D eigenvalue weighted by Gasteiger charge is 2.42. The highest BCUT2D eigenvalue weighted by Crippen LogP contribution is 2.32. The summed E-state index contributed by atoms with van der Waals surface area (Å²) in [6.45, 7) is 4.18. The summed E-state index contributed by atoms with van der Waals surface area (Å²) >= 11 is 0. The number of ether oxygens (including phenoxy) is 6. The van der Waals surface area contributed by atoms with Crippen LogP contribution in [0.25, 0.3) is 22.3 Å². The molecule has 0 N–H and O–H groups in total. The molecule has 4 aliphatic rings. The maximum absolute atomic E-state index is 12.2. The molecule has 0 saturated carbocycles. The van der Waals surface area contributed by atoms with E-state index in [4.69, 9.17) is 28.4 Å². The van der Waals surface area contributed by atoms with Gasteiger partial charge in [-0.1, -0.05) is 48.5 Å². The molecule has 0 spiro atoms. The van der Waals surface area contributed by atoms with Gasteiger partial charge in [0.25, 0.3) is 0 Å². The number of benzene rings is 2. The quantitative estimate of drug-likeness (QED) is 0.408. The predicted molar refractivity (Wildman–Crippen MR) is 154 cm³/mol. The van der Waals surface area contributed by atoms with E-state index >= 15 is 0 Å². The van der Waals surface area contributed by atoms with Crippen molar-refractivity contribution in [3.05, 3.63) is 72.1 Å². The van der Waals surface area contributed by atoms with Crippen LogP contribution >= 0.6 is 0 Å². The van der Waals surface area contributed by atoms with Crippen molar-refractivity contribution in [2.24, 2.45) is 9.98 Å². The van der Waals surface area contributed by atoms with Crippen LogP contribution in [0.15, 0.2) is 70.9 Å². The summed E-state index contributed by atoms with van der Waals surface area (Å²) in [5.74, 6) is -0.854. The number of allylic oxidation sites excluding steroid dienone is 2. The van der Waals surface area contributed by atoms with Gasteiger partial charge in [-0.05, 0) is 47.2 Å². The molecule has 0 bridgehead atoms. The average Bonchev–Trinajstić information content (AvgIpc) is 3.83. The number of carbonyl (C=O) groups is 2. The van der Waals surface area contributed by atoms with Crippen molar-refractivity contribution in [3.8, 4) is 11.1 Å². The Kier molecular flexibility index (Phi) is 8.38. The molecule has 2 aromatic rings. The smallest absolute Gasteiger partial charge is 0.338 e. The molecule has 6 rings (SSSR count). The van der Waals surface area contributed by atoms with Crippen LogP contribution in [0.3, 0.4) is 0 Å². The Hall–Kier alpha value is -3.96. The summed E-state index contributed by atoms with van der Waals surface area (Å²) < 4.78 is 32.4. The number of rotatable bonds is 9. The van der Waals surface area contributed by atoms with E-state index in [1.54, 1.807) is 13.8 Å². The summed E-state index contributed by atoms with van der Waals surface area (Å²) in [5.41, 5.74) is 7.92. The largest absolute Gasteiger partial charge is 0.464 e. The van der Waals surface area contributed by atoms with Crippen LogP contribution in [0.1, 0.15) is 37.8 Å². The fourth-order valence-corrected chi connectivity index (χ4v) is 5.44.